The van der Waals surface area contributed by atoms with Gasteiger partial charge in [-0.1, -0.05) is 0 Å². The van der Waals surface area contributed by atoms with Gasteiger partial charge in [-0.25, -0.2) is 9.37 Å². The van der Waals surface area contributed by atoms with E-state index in [1.807, 2.05) is 4.90 Å². The number of benzene rings is 1. The average molecular weight is 435 g/mol. The molecule has 168 valence electrons. The van der Waals surface area contributed by atoms with Gasteiger partial charge >= 0.3 is 0 Å². The van der Waals surface area contributed by atoms with Gasteiger partial charge in [0.2, 0.25) is 17.4 Å². The average Bonchev–Trinajstić information content (AvgIpc) is 3.33. The lowest BCUT2D eigenvalue weighted by Gasteiger charge is -2.35. The number of amides is 1. The number of nitrogen functional groups attached to an aromatic ring is 1. The van der Waals surface area contributed by atoms with Gasteiger partial charge in [-0.3, -0.25) is 4.79 Å². The largest absolute Gasteiger partial charge is 0.492 e. The molecule has 0 bridgehead atoms. The number of nitrogens with zero attached hydrogens (tertiary/aromatic N) is 4. The number of ether oxygens (including phenoxy) is 4. The number of halogens is 1. The Morgan fingerprint density at radius 2 is 1.74 bits per heavy atom. The highest BCUT2D eigenvalue weighted by atomic mass is 19.1. The normalized spacial score (nSPS) is 19.0. The van der Waals surface area contributed by atoms with E-state index in [9.17, 15) is 4.79 Å². The first-order valence-corrected chi connectivity index (χ1v) is 10.1. The number of aromatic nitrogens is 2. The van der Waals surface area contributed by atoms with Crippen molar-refractivity contribution in [3.05, 3.63) is 5.82 Å². The number of fused-ring (bicyclic) bond motifs is 1. The van der Waals surface area contributed by atoms with E-state index in [0.717, 1.165) is 12.8 Å². The summed E-state index contributed by atoms with van der Waals surface area (Å²) in [4.78, 5) is 25.0. The van der Waals surface area contributed by atoms with Crippen LogP contribution in [-0.2, 0) is 9.53 Å². The van der Waals surface area contributed by atoms with E-state index in [4.69, 9.17) is 24.7 Å². The SMILES string of the molecule is COc1c(OC)c(OC)c2c(N)nc(N3CCN(C(=O)C4CCCO4)CC3)nc2c1F. The molecule has 2 fully saturated rings. The van der Waals surface area contributed by atoms with Crippen LogP contribution in [0.3, 0.4) is 0 Å². The number of hydrogen-bond donors (Lipinski definition) is 1. The molecule has 1 unspecified atom stereocenters. The molecule has 1 amide bonds. The number of piperazine rings is 1. The van der Waals surface area contributed by atoms with Crippen LogP contribution in [0.2, 0.25) is 0 Å². The monoisotopic (exact) mass is 435 g/mol. The van der Waals surface area contributed by atoms with E-state index in [1.165, 1.54) is 21.3 Å². The van der Waals surface area contributed by atoms with Gasteiger partial charge in [-0.15, -0.1) is 0 Å². The molecule has 2 aromatic rings. The quantitative estimate of drug-likeness (QED) is 0.740. The zero-order valence-corrected chi connectivity index (χ0v) is 17.8. The van der Waals surface area contributed by atoms with Crippen LogP contribution in [0.1, 0.15) is 12.8 Å². The van der Waals surface area contributed by atoms with Crippen LogP contribution in [0.25, 0.3) is 10.9 Å². The lowest BCUT2D eigenvalue weighted by atomic mass is 10.1. The van der Waals surface area contributed by atoms with Crippen LogP contribution in [0.15, 0.2) is 0 Å². The third-order valence-corrected chi connectivity index (χ3v) is 5.66. The molecule has 0 spiro atoms. The third-order valence-electron chi connectivity index (χ3n) is 5.66. The molecule has 31 heavy (non-hydrogen) atoms. The van der Waals surface area contributed by atoms with Crippen molar-refractivity contribution >= 4 is 28.6 Å². The first kappa shape index (κ1) is 21.2. The molecule has 0 saturated carbocycles. The summed E-state index contributed by atoms with van der Waals surface area (Å²) in [5.41, 5.74) is 6.16. The van der Waals surface area contributed by atoms with E-state index in [-0.39, 0.29) is 51.9 Å². The second-order valence-corrected chi connectivity index (χ2v) is 7.36. The molecule has 2 aliphatic heterocycles. The van der Waals surface area contributed by atoms with Crippen LogP contribution in [-0.4, -0.2) is 81.0 Å². The van der Waals surface area contributed by atoms with Crippen LogP contribution < -0.4 is 24.8 Å². The summed E-state index contributed by atoms with van der Waals surface area (Å²) in [6, 6.07) is 0. The Bertz CT molecular complexity index is 990. The van der Waals surface area contributed by atoms with E-state index >= 15 is 4.39 Å². The smallest absolute Gasteiger partial charge is 0.251 e. The minimum atomic E-state index is -0.710. The second kappa shape index (κ2) is 8.58. The molecular formula is C20H26FN5O5. The maximum absolute atomic E-state index is 15.2. The van der Waals surface area contributed by atoms with Gasteiger partial charge in [0.15, 0.2) is 11.6 Å². The van der Waals surface area contributed by atoms with Gasteiger partial charge in [0.25, 0.3) is 5.91 Å². The molecule has 2 aliphatic rings. The summed E-state index contributed by atoms with van der Waals surface area (Å²) in [5.74, 6) is -0.188. The van der Waals surface area contributed by atoms with Crippen LogP contribution >= 0.6 is 0 Å². The fourth-order valence-electron chi connectivity index (χ4n) is 4.08. The summed E-state index contributed by atoms with van der Waals surface area (Å²) in [7, 11) is 4.14. The Kier molecular flexibility index (Phi) is 5.86. The minimum Gasteiger partial charge on any atom is -0.492 e. The predicted octanol–water partition coefficient (Wildman–Crippen LogP) is 1.20. The van der Waals surface area contributed by atoms with Gasteiger partial charge in [0.05, 0.1) is 26.7 Å². The molecule has 2 N–H and O–H groups in total. The molecular weight excluding hydrogens is 409 g/mol. The van der Waals surface area contributed by atoms with Crippen molar-refractivity contribution in [3.8, 4) is 17.2 Å². The van der Waals surface area contributed by atoms with Gasteiger partial charge in [-0.05, 0) is 12.8 Å². The van der Waals surface area contributed by atoms with E-state index in [2.05, 4.69) is 9.97 Å². The van der Waals surface area contributed by atoms with E-state index in [0.29, 0.717) is 32.8 Å². The number of methoxy groups -OCH3 is 3. The van der Waals surface area contributed by atoms with Gasteiger partial charge in [0, 0.05) is 32.8 Å². The topological polar surface area (TPSA) is 112 Å². The molecule has 4 rings (SSSR count). The fraction of sp³-hybridized carbons (Fsp3) is 0.550. The molecule has 1 atom stereocenters. The Hall–Kier alpha value is -3.08. The number of anilines is 2. The number of nitrogens with two attached hydrogens (primary N) is 1. The number of carbonyl (C=O) groups is 1. The Morgan fingerprint density at radius 3 is 2.32 bits per heavy atom. The van der Waals surface area contributed by atoms with Crippen molar-refractivity contribution < 1.29 is 28.1 Å². The summed E-state index contributed by atoms with van der Waals surface area (Å²) < 4.78 is 36.6. The molecule has 2 saturated heterocycles. The summed E-state index contributed by atoms with van der Waals surface area (Å²) in [6.45, 7) is 2.62. The molecule has 10 nitrogen and oxygen atoms in total. The van der Waals surface area contributed by atoms with Crippen molar-refractivity contribution in [2.24, 2.45) is 0 Å². The minimum absolute atomic E-state index is 0.0173. The van der Waals surface area contributed by atoms with Gasteiger partial charge in [0.1, 0.15) is 17.4 Å². The van der Waals surface area contributed by atoms with Crippen molar-refractivity contribution in [2.45, 2.75) is 18.9 Å². The fourth-order valence-corrected chi connectivity index (χ4v) is 4.08. The van der Waals surface area contributed by atoms with E-state index in [1.54, 1.807) is 4.90 Å². The summed E-state index contributed by atoms with van der Waals surface area (Å²) in [6.07, 6.45) is 1.32. The van der Waals surface area contributed by atoms with Crippen molar-refractivity contribution in [1.82, 2.24) is 14.9 Å². The first-order valence-electron chi connectivity index (χ1n) is 10.1. The standard InChI is InChI=1S/C20H26FN5O5/c1-28-15-12-14(13(21)16(29-2)17(15)30-3)23-20(24-18(12)22)26-8-6-25(7-9-26)19(27)11-5-4-10-31-11/h11H,4-10H2,1-3H3,(H2,22,23,24). The van der Waals surface area contributed by atoms with Crippen LogP contribution in [0.4, 0.5) is 16.2 Å². The van der Waals surface area contributed by atoms with Crippen LogP contribution in [0, 0.1) is 5.82 Å². The molecule has 1 aromatic heterocycles. The Balaban J connectivity index is 1.64. The third kappa shape index (κ3) is 3.62. The highest BCUT2D eigenvalue weighted by Crippen LogP contribution is 2.47. The number of rotatable bonds is 5. The Labute approximate surface area is 179 Å². The molecule has 0 aliphatic carbocycles. The number of hydrogen-bond acceptors (Lipinski definition) is 9. The molecule has 3 heterocycles. The molecule has 0 radical (unpaired) electrons. The second-order valence-electron chi connectivity index (χ2n) is 7.36. The van der Waals surface area contributed by atoms with Crippen molar-refractivity contribution in [1.29, 1.82) is 0 Å². The maximum Gasteiger partial charge on any atom is 0.251 e. The van der Waals surface area contributed by atoms with Crippen molar-refractivity contribution in [3.63, 3.8) is 0 Å². The summed E-state index contributed by atoms with van der Waals surface area (Å²) in [5, 5.41) is 0.216. The van der Waals surface area contributed by atoms with Crippen molar-refractivity contribution in [2.75, 3.05) is 64.7 Å². The maximum atomic E-state index is 15.2. The zero-order valence-electron chi connectivity index (χ0n) is 17.8. The molecule has 1 aromatic carbocycles. The first-order chi connectivity index (χ1) is 15.0. The highest BCUT2D eigenvalue weighted by Gasteiger charge is 2.32. The Morgan fingerprint density at radius 1 is 1.06 bits per heavy atom. The number of carbonyl (C=O) groups excluding carboxylic acids is 1. The van der Waals surface area contributed by atoms with Gasteiger partial charge < -0.3 is 34.5 Å². The predicted molar refractivity (Wildman–Crippen MR) is 111 cm³/mol. The van der Waals surface area contributed by atoms with E-state index < -0.39 is 5.82 Å². The lowest BCUT2D eigenvalue weighted by Crippen LogP contribution is -2.51. The highest BCUT2D eigenvalue weighted by molar-refractivity contribution is 5.98. The molecule has 11 heteroatoms. The van der Waals surface area contributed by atoms with Crippen LogP contribution in [0.5, 0.6) is 17.2 Å². The summed E-state index contributed by atoms with van der Waals surface area (Å²) >= 11 is 0. The lowest BCUT2D eigenvalue weighted by molar-refractivity contribution is -0.141. The zero-order chi connectivity index (χ0) is 22.1. The van der Waals surface area contributed by atoms with Gasteiger partial charge in [-0.2, -0.15) is 4.98 Å².